The molecule has 2 unspecified atom stereocenters. The molecule has 2 aliphatic heterocycles. The summed E-state index contributed by atoms with van der Waals surface area (Å²) in [7, 11) is 0. The van der Waals surface area contributed by atoms with Gasteiger partial charge in [-0.2, -0.15) is 0 Å². The summed E-state index contributed by atoms with van der Waals surface area (Å²) in [6.07, 6.45) is 3.63. The average Bonchev–Trinajstić information content (AvgIpc) is 3.26. The quantitative estimate of drug-likeness (QED) is 0.662. The van der Waals surface area contributed by atoms with Crippen molar-refractivity contribution in [1.82, 2.24) is 20.1 Å². The Kier molecular flexibility index (Phi) is 7.15. The van der Waals surface area contributed by atoms with E-state index in [-0.39, 0.29) is 41.6 Å². The third-order valence-electron chi connectivity index (χ3n) is 5.84. The summed E-state index contributed by atoms with van der Waals surface area (Å²) in [5.74, 6) is -0.350. The fourth-order valence-corrected chi connectivity index (χ4v) is 4.66. The van der Waals surface area contributed by atoms with Gasteiger partial charge in [-0.3, -0.25) is 14.5 Å². The Balaban J connectivity index is 1.41. The molecule has 2 amide bonds. The fraction of sp³-hybridized carbons (Fsp3) is 0.409. The van der Waals surface area contributed by atoms with Crippen molar-refractivity contribution in [3.05, 3.63) is 52.1 Å². The average molecular weight is 479 g/mol. The van der Waals surface area contributed by atoms with Crippen molar-refractivity contribution in [2.24, 2.45) is 0 Å². The highest BCUT2D eigenvalue weighted by atomic mass is 35.5. The second kappa shape index (κ2) is 10.0. The molecular formula is C22H24Cl2N4O4. The van der Waals surface area contributed by atoms with Crippen molar-refractivity contribution in [3.8, 4) is 11.6 Å². The summed E-state index contributed by atoms with van der Waals surface area (Å²) < 4.78 is 5.72. The van der Waals surface area contributed by atoms with Crippen LogP contribution in [0.25, 0.3) is 0 Å². The van der Waals surface area contributed by atoms with E-state index in [1.165, 1.54) is 12.3 Å². The van der Waals surface area contributed by atoms with E-state index in [9.17, 15) is 14.7 Å². The molecule has 4 rings (SSSR count). The standard InChI is InChI=1S/C22H24Cl2N4O4/c23-14-5-6-19(18(24)9-14)32-22-17(4-1-7-25-22)21(31)26-10-20(30)28-12-15-3-2-8-27(15)11-16(28)13-29/h1,4-7,9,15-16,29H,2-3,8,10-13H2,(H,26,31). The van der Waals surface area contributed by atoms with Gasteiger partial charge in [0, 0.05) is 30.4 Å². The van der Waals surface area contributed by atoms with Crippen molar-refractivity contribution in [3.63, 3.8) is 0 Å². The number of hydrogen-bond acceptors (Lipinski definition) is 6. The summed E-state index contributed by atoms with van der Waals surface area (Å²) in [6.45, 7) is 1.93. The Labute approximate surface area is 196 Å². The number of hydrogen-bond donors (Lipinski definition) is 2. The Hall–Kier alpha value is -2.39. The Bertz CT molecular complexity index is 1010. The van der Waals surface area contributed by atoms with Crippen LogP contribution in [-0.4, -0.2) is 76.6 Å². The zero-order chi connectivity index (χ0) is 22.7. The molecule has 32 heavy (non-hydrogen) atoms. The lowest BCUT2D eigenvalue weighted by molar-refractivity contribution is -0.137. The molecular weight excluding hydrogens is 455 g/mol. The van der Waals surface area contributed by atoms with Crippen LogP contribution in [0.15, 0.2) is 36.5 Å². The van der Waals surface area contributed by atoms with Crippen LogP contribution in [0.1, 0.15) is 23.2 Å². The zero-order valence-electron chi connectivity index (χ0n) is 17.3. The number of ether oxygens (including phenoxy) is 1. The van der Waals surface area contributed by atoms with Gasteiger partial charge >= 0.3 is 0 Å². The second-order valence-electron chi connectivity index (χ2n) is 7.89. The number of rotatable bonds is 6. The van der Waals surface area contributed by atoms with Gasteiger partial charge in [0.05, 0.1) is 24.2 Å². The monoisotopic (exact) mass is 478 g/mol. The third kappa shape index (κ3) is 4.99. The first kappa shape index (κ1) is 22.8. The largest absolute Gasteiger partial charge is 0.437 e. The van der Waals surface area contributed by atoms with Gasteiger partial charge in [-0.15, -0.1) is 0 Å². The predicted octanol–water partition coefficient (Wildman–Crippen LogP) is 2.58. The van der Waals surface area contributed by atoms with Gasteiger partial charge in [0.25, 0.3) is 5.91 Å². The highest BCUT2D eigenvalue weighted by Crippen LogP contribution is 2.32. The van der Waals surface area contributed by atoms with Crippen LogP contribution in [0.3, 0.4) is 0 Å². The van der Waals surface area contributed by atoms with E-state index in [1.807, 2.05) is 0 Å². The number of aliphatic hydroxyl groups excluding tert-OH is 1. The van der Waals surface area contributed by atoms with Gasteiger partial charge < -0.3 is 20.1 Å². The Morgan fingerprint density at radius 2 is 2.09 bits per heavy atom. The number of aliphatic hydroxyl groups is 1. The lowest BCUT2D eigenvalue weighted by atomic mass is 10.1. The molecule has 1 aromatic heterocycles. The van der Waals surface area contributed by atoms with Crippen molar-refractivity contribution >= 4 is 35.0 Å². The number of aromatic nitrogens is 1. The third-order valence-corrected chi connectivity index (χ3v) is 6.37. The number of carbonyl (C=O) groups excluding carboxylic acids is 2. The summed E-state index contributed by atoms with van der Waals surface area (Å²) >= 11 is 12.1. The van der Waals surface area contributed by atoms with Crippen LogP contribution in [0.5, 0.6) is 11.6 Å². The highest BCUT2D eigenvalue weighted by Gasteiger charge is 2.38. The number of nitrogens with one attached hydrogen (secondary N) is 1. The lowest BCUT2D eigenvalue weighted by Gasteiger charge is -2.43. The van der Waals surface area contributed by atoms with Crippen molar-refractivity contribution in [2.45, 2.75) is 24.9 Å². The number of halogens is 2. The maximum Gasteiger partial charge on any atom is 0.257 e. The molecule has 3 heterocycles. The molecule has 0 saturated carbocycles. The molecule has 2 atom stereocenters. The molecule has 2 fully saturated rings. The minimum atomic E-state index is -0.494. The first-order valence-electron chi connectivity index (χ1n) is 10.5. The van der Waals surface area contributed by atoms with Gasteiger partial charge in [-0.05, 0) is 49.7 Å². The number of piperazine rings is 1. The topological polar surface area (TPSA) is 95.0 Å². The van der Waals surface area contributed by atoms with E-state index in [2.05, 4.69) is 15.2 Å². The predicted molar refractivity (Wildman–Crippen MR) is 120 cm³/mol. The van der Waals surface area contributed by atoms with Gasteiger partial charge in [-0.25, -0.2) is 4.98 Å². The number of benzene rings is 1. The molecule has 1 aromatic carbocycles. The van der Waals surface area contributed by atoms with Crippen LogP contribution in [0.4, 0.5) is 0 Å². The minimum absolute atomic E-state index is 0.0643. The molecule has 2 saturated heterocycles. The second-order valence-corrected chi connectivity index (χ2v) is 8.73. The summed E-state index contributed by atoms with van der Waals surface area (Å²) in [5.41, 5.74) is 0.172. The van der Waals surface area contributed by atoms with E-state index >= 15 is 0 Å². The Morgan fingerprint density at radius 3 is 2.88 bits per heavy atom. The van der Waals surface area contributed by atoms with E-state index in [0.29, 0.717) is 29.9 Å². The molecule has 2 aromatic rings. The van der Waals surface area contributed by atoms with Crippen LogP contribution in [-0.2, 0) is 4.79 Å². The summed E-state index contributed by atoms with van der Waals surface area (Å²) in [6, 6.07) is 7.95. The number of carbonyl (C=O) groups is 2. The van der Waals surface area contributed by atoms with Crippen LogP contribution in [0, 0.1) is 0 Å². The number of pyridine rings is 1. The van der Waals surface area contributed by atoms with Crippen molar-refractivity contribution < 1.29 is 19.4 Å². The highest BCUT2D eigenvalue weighted by molar-refractivity contribution is 6.35. The van der Waals surface area contributed by atoms with E-state index in [1.54, 1.807) is 29.2 Å². The van der Waals surface area contributed by atoms with Gasteiger partial charge in [0.15, 0.2) is 0 Å². The molecule has 0 bridgehead atoms. The molecule has 170 valence electrons. The van der Waals surface area contributed by atoms with Gasteiger partial charge in [0.1, 0.15) is 11.3 Å². The summed E-state index contributed by atoms with van der Waals surface area (Å²) in [4.78, 5) is 33.8. The molecule has 10 heteroatoms. The number of fused-ring (bicyclic) bond motifs is 1. The number of nitrogens with zero attached hydrogens (tertiary/aromatic N) is 3. The molecule has 0 radical (unpaired) electrons. The van der Waals surface area contributed by atoms with E-state index in [0.717, 1.165) is 19.4 Å². The fourth-order valence-electron chi connectivity index (χ4n) is 4.21. The van der Waals surface area contributed by atoms with Crippen LogP contribution < -0.4 is 10.1 Å². The van der Waals surface area contributed by atoms with E-state index in [4.69, 9.17) is 27.9 Å². The van der Waals surface area contributed by atoms with Crippen molar-refractivity contribution in [1.29, 1.82) is 0 Å². The van der Waals surface area contributed by atoms with Crippen LogP contribution in [0.2, 0.25) is 10.0 Å². The molecule has 0 aliphatic carbocycles. The smallest absolute Gasteiger partial charge is 0.257 e. The molecule has 0 spiro atoms. The maximum atomic E-state index is 12.8. The lowest BCUT2D eigenvalue weighted by Crippen LogP contribution is -2.60. The molecule has 2 N–H and O–H groups in total. The Morgan fingerprint density at radius 1 is 1.25 bits per heavy atom. The van der Waals surface area contributed by atoms with Gasteiger partial charge in [-0.1, -0.05) is 23.2 Å². The SMILES string of the molecule is O=C(NCC(=O)N1CC2CCCN2CC1CO)c1cccnc1Oc1ccc(Cl)cc1Cl. The number of amides is 2. The maximum absolute atomic E-state index is 12.8. The molecule has 8 nitrogen and oxygen atoms in total. The minimum Gasteiger partial charge on any atom is -0.437 e. The zero-order valence-corrected chi connectivity index (χ0v) is 18.8. The summed E-state index contributed by atoms with van der Waals surface area (Å²) in [5, 5.41) is 13.1. The van der Waals surface area contributed by atoms with E-state index < -0.39 is 5.91 Å². The first-order chi connectivity index (χ1) is 15.5. The molecule has 2 aliphatic rings. The normalized spacial score (nSPS) is 20.7. The van der Waals surface area contributed by atoms with Crippen LogP contribution >= 0.6 is 23.2 Å². The van der Waals surface area contributed by atoms with Crippen molar-refractivity contribution in [2.75, 3.05) is 32.8 Å². The first-order valence-corrected chi connectivity index (χ1v) is 11.2. The van der Waals surface area contributed by atoms with Gasteiger partial charge in [0.2, 0.25) is 11.8 Å².